The third-order valence-corrected chi connectivity index (χ3v) is 6.98. The van der Waals surface area contributed by atoms with E-state index in [2.05, 4.69) is 31.3 Å². The van der Waals surface area contributed by atoms with Crippen LogP contribution in [-0.2, 0) is 0 Å². The number of amides is 1. The smallest absolute Gasteiger partial charge is 0.256 e. The van der Waals surface area contributed by atoms with Gasteiger partial charge in [-0.05, 0) is 96.4 Å². The third kappa shape index (κ3) is 5.79. The molecule has 1 heterocycles. The van der Waals surface area contributed by atoms with Gasteiger partial charge in [0.2, 0.25) is 0 Å². The van der Waals surface area contributed by atoms with Gasteiger partial charge in [-0.2, -0.15) is 0 Å². The molecule has 190 valence electrons. The van der Waals surface area contributed by atoms with Gasteiger partial charge in [-0.3, -0.25) is 4.79 Å². The number of nitrogens with one attached hydrogen (secondary N) is 1. The second-order valence-electron chi connectivity index (χ2n) is 9.01. The summed E-state index contributed by atoms with van der Waals surface area (Å²) in [5.41, 5.74) is 3.58. The highest BCUT2D eigenvalue weighted by Gasteiger charge is 2.18. The lowest BCUT2D eigenvalue weighted by molar-refractivity contribution is 0.102. The summed E-state index contributed by atoms with van der Waals surface area (Å²) in [6, 6.07) is 26.8. The van der Waals surface area contributed by atoms with Crippen LogP contribution < -0.4 is 10.1 Å². The lowest BCUT2D eigenvalue weighted by Crippen LogP contribution is -2.11. The average Bonchev–Trinajstić information content (AvgIpc) is 3.34. The molecule has 0 bridgehead atoms. The highest BCUT2D eigenvalue weighted by molar-refractivity contribution is 7.19. The Balaban J connectivity index is 1.41. The molecule has 4 nitrogen and oxygen atoms in total. The van der Waals surface area contributed by atoms with Gasteiger partial charge in [0.15, 0.2) is 0 Å². The van der Waals surface area contributed by atoms with Crippen LogP contribution >= 0.6 is 11.3 Å². The van der Waals surface area contributed by atoms with E-state index in [0.29, 0.717) is 38.5 Å². The number of halogens is 2. The topological polar surface area (TPSA) is 51.2 Å². The van der Waals surface area contributed by atoms with Crippen molar-refractivity contribution >= 4 is 22.2 Å². The predicted molar refractivity (Wildman–Crippen MR) is 148 cm³/mol. The van der Waals surface area contributed by atoms with Crippen LogP contribution in [0, 0.1) is 11.6 Å². The summed E-state index contributed by atoms with van der Waals surface area (Å²) in [7, 11) is 0. The SMILES string of the molecule is CC(C)c1ccc(Oc2ccc(-c3nc(-c4ccc(F)cc4)c(NC(=O)c4ccc(F)cc4)s3)cc2)cc1. The van der Waals surface area contributed by atoms with Gasteiger partial charge in [0.05, 0.1) is 0 Å². The summed E-state index contributed by atoms with van der Waals surface area (Å²) in [4.78, 5) is 17.6. The van der Waals surface area contributed by atoms with E-state index in [1.807, 2.05) is 36.4 Å². The van der Waals surface area contributed by atoms with Gasteiger partial charge in [0.1, 0.15) is 38.8 Å². The molecule has 1 aromatic heterocycles. The Bertz CT molecular complexity index is 1540. The quantitative estimate of drug-likeness (QED) is 0.230. The Labute approximate surface area is 223 Å². The molecule has 38 heavy (non-hydrogen) atoms. The highest BCUT2D eigenvalue weighted by Crippen LogP contribution is 2.39. The van der Waals surface area contributed by atoms with E-state index < -0.39 is 11.7 Å². The first-order valence-electron chi connectivity index (χ1n) is 12.1. The Morgan fingerprint density at radius 1 is 0.763 bits per heavy atom. The molecular formula is C31H24F2N2O2S. The van der Waals surface area contributed by atoms with Crippen molar-refractivity contribution in [2.45, 2.75) is 19.8 Å². The second kappa shape index (κ2) is 10.9. The molecule has 0 fully saturated rings. The average molecular weight is 527 g/mol. The zero-order chi connectivity index (χ0) is 26.6. The summed E-state index contributed by atoms with van der Waals surface area (Å²) in [5, 5.41) is 4.06. The number of aromatic nitrogens is 1. The molecule has 0 aliphatic carbocycles. The molecular weight excluding hydrogens is 502 g/mol. The fourth-order valence-corrected chi connectivity index (χ4v) is 4.82. The van der Waals surface area contributed by atoms with Gasteiger partial charge in [0.25, 0.3) is 5.91 Å². The van der Waals surface area contributed by atoms with Crippen molar-refractivity contribution in [1.82, 2.24) is 4.98 Å². The van der Waals surface area contributed by atoms with E-state index in [1.165, 1.54) is 53.3 Å². The van der Waals surface area contributed by atoms with E-state index in [9.17, 15) is 13.6 Å². The van der Waals surface area contributed by atoms with Gasteiger partial charge >= 0.3 is 0 Å². The molecule has 0 aliphatic rings. The van der Waals surface area contributed by atoms with E-state index in [0.717, 1.165) is 11.3 Å². The number of rotatable bonds is 7. The van der Waals surface area contributed by atoms with Gasteiger partial charge < -0.3 is 10.1 Å². The first-order valence-corrected chi connectivity index (χ1v) is 12.9. The molecule has 0 aliphatic heterocycles. The van der Waals surface area contributed by atoms with Crippen LogP contribution in [0.5, 0.6) is 11.5 Å². The van der Waals surface area contributed by atoms with Crippen LogP contribution in [0.1, 0.15) is 35.7 Å². The number of carbonyl (C=O) groups is 1. The van der Waals surface area contributed by atoms with Crippen molar-refractivity contribution in [3.8, 4) is 33.3 Å². The van der Waals surface area contributed by atoms with Gasteiger partial charge in [0, 0.05) is 16.7 Å². The van der Waals surface area contributed by atoms with Gasteiger partial charge in [-0.1, -0.05) is 37.3 Å². The Hall–Kier alpha value is -4.36. The van der Waals surface area contributed by atoms with Crippen molar-refractivity contribution in [1.29, 1.82) is 0 Å². The molecule has 4 aromatic carbocycles. The number of carbonyl (C=O) groups excluding carboxylic acids is 1. The van der Waals surface area contributed by atoms with Crippen molar-refractivity contribution in [3.05, 3.63) is 120 Å². The minimum Gasteiger partial charge on any atom is -0.457 e. The molecule has 5 rings (SSSR count). The third-order valence-electron chi connectivity index (χ3n) is 5.96. The molecule has 0 saturated carbocycles. The van der Waals surface area contributed by atoms with Gasteiger partial charge in [-0.15, -0.1) is 0 Å². The lowest BCUT2D eigenvalue weighted by Gasteiger charge is -2.09. The minimum atomic E-state index is -0.423. The maximum Gasteiger partial charge on any atom is 0.256 e. The van der Waals surface area contributed by atoms with Gasteiger partial charge in [-0.25, -0.2) is 13.8 Å². The monoisotopic (exact) mass is 526 g/mol. The van der Waals surface area contributed by atoms with Crippen molar-refractivity contribution in [2.24, 2.45) is 0 Å². The van der Waals surface area contributed by atoms with E-state index in [-0.39, 0.29) is 5.82 Å². The number of benzene rings is 4. The van der Waals surface area contributed by atoms with Crippen molar-refractivity contribution in [3.63, 3.8) is 0 Å². The Morgan fingerprint density at radius 3 is 1.87 bits per heavy atom. The predicted octanol–water partition coefficient (Wildman–Crippen LogP) is 8.92. The van der Waals surface area contributed by atoms with Crippen molar-refractivity contribution in [2.75, 3.05) is 5.32 Å². The summed E-state index contributed by atoms with van der Waals surface area (Å²) < 4.78 is 32.8. The summed E-state index contributed by atoms with van der Waals surface area (Å²) in [5.74, 6) is 0.707. The molecule has 0 unspecified atom stereocenters. The standard InChI is InChI=1S/C31H24F2N2O2S/c1-19(2)20-7-15-26(16-8-20)37-27-17-9-23(10-18-27)30-34-28(21-3-11-24(32)12-4-21)31(38-30)35-29(36)22-5-13-25(33)14-6-22/h3-19H,1-2H3,(H,35,36). The molecule has 7 heteroatoms. The molecule has 0 saturated heterocycles. The van der Waals surface area contributed by atoms with Crippen LogP contribution in [0.3, 0.4) is 0 Å². The fraction of sp³-hybridized carbons (Fsp3) is 0.0968. The normalized spacial score (nSPS) is 11.0. The first kappa shape index (κ1) is 25.3. The second-order valence-corrected chi connectivity index (χ2v) is 10.0. The van der Waals surface area contributed by atoms with Crippen LogP contribution in [0.4, 0.5) is 13.8 Å². The van der Waals surface area contributed by atoms with Crippen LogP contribution in [0.25, 0.3) is 21.8 Å². The molecule has 5 aromatic rings. The molecule has 0 atom stereocenters. The summed E-state index contributed by atoms with van der Waals surface area (Å²) in [6.07, 6.45) is 0. The van der Waals surface area contributed by atoms with E-state index in [4.69, 9.17) is 9.72 Å². The van der Waals surface area contributed by atoms with E-state index >= 15 is 0 Å². The van der Waals surface area contributed by atoms with Crippen LogP contribution in [0.2, 0.25) is 0 Å². The number of ether oxygens (including phenoxy) is 1. The minimum absolute atomic E-state index is 0.314. The largest absolute Gasteiger partial charge is 0.457 e. The first-order chi connectivity index (χ1) is 18.4. The zero-order valence-electron chi connectivity index (χ0n) is 20.7. The Kier molecular flexibility index (Phi) is 7.29. The molecule has 1 N–H and O–H groups in total. The summed E-state index contributed by atoms with van der Waals surface area (Å²) in [6.45, 7) is 4.29. The van der Waals surface area contributed by atoms with Crippen LogP contribution in [0.15, 0.2) is 97.1 Å². The number of hydrogen-bond acceptors (Lipinski definition) is 4. The highest BCUT2D eigenvalue weighted by atomic mass is 32.1. The number of anilines is 1. The summed E-state index contributed by atoms with van der Waals surface area (Å²) >= 11 is 1.30. The van der Waals surface area contributed by atoms with Crippen molar-refractivity contribution < 1.29 is 18.3 Å². The number of hydrogen-bond donors (Lipinski definition) is 1. The maximum absolute atomic E-state index is 13.6. The number of nitrogens with zero attached hydrogens (tertiary/aromatic N) is 1. The number of thiazole rings is 1. The lowest BCUT2D eigenvalue weighted by atomic mass is 10.0. The molecule has 1 amide bonds. The zero-order valence-corrected chi connectivity index (χ0v) is 21.6. The van der Waals surface area contributed by atoms with Crippen LogP contribution in [-0.4, -0.2) is 10.9 Å². The Morgan fingerprint density at radius 2 is 1.29 bits per heavy atom. The maximum atomic E-state index is 13.6. The van der Waals surface area contributed by atoms with E-state index in [1.54, 1.807) is 12.1 Å². The molecule has 0 spiro atoms. The molecule has 0 radical (unpaired) electrons. The fourth-order valence-electron chi connectivity index (χ4n) is 3.83.